The van der Waals surface area contributed by atoms with Gasteiger partial charge in [-0.2, -0.15) is 0 Å². The number of aliphatic hydroxyl groups is 1. The van der Waals surface area contributed by atoms with Crippen molar-refractivity contribution in [1.29, 1.82) is 0 Å². The van der Waals surface area contributed by atoms with Gasteiger partial charge in [0.1, 0.15) is 0 Å². The fourth-order valence-electron chi connectivity index (χ4n) is 2.51. The van der Waals surface area contributed by atoms with Crippen LogP contribution in [0.4, 0.5) is 0 Å². The second kappa shape index (κ2) is 6.97. The van der Waals surface area contributed by atoms with Crippen LogP contribution in [0, 0.1) is 5.92 Å². The number of carbonyl (C=O) groups excluding carboxylic acids is 1. The summed E-state index contributed by atoms with van der Waals surface area (Å²) in [6, 6.07) is 0.00605. The van der Waals surface area contributed by atoms with Gasteiger partial charge in [0.15, 0.2) is 0 Å². The van der Waals surface area contributed by atoms with Gasteiger partial charge in [0.05, 0.1) is 12.1 Å². The molecule has 3 atom stereocenters. The van der Waals surface area contributed by atoms with Crippen LogP contribution in [0.15, 0.2) is 0 Å². The number of rotatable bonds is 5. The number of amides is 1. The van der Waals surface area contributed by atoms with E-state index in [1.165, 1.54) is 0 Å². The Hall–Kier alpha value is -0.610. The number of nitrogens with zero attached hydrogens (tertiary/aromatic N) is 1. The molecule has 0 bridgehead atoms. The summed E-state index contributed by atoms with van der Waals surface area (Å²) in [6.45, 7) is 2.61. The summed E-state index contributed by atoms with van der Waals surface area (Å²) in [5.74, 6) is 0.388. The van der Waals surface area contributed by atoms with E-state index < -0.39 is 0 Å². The molecular weight excluding hydrogens is 216 g/mol. The van der Waals surface area contributed by atoms with E-state index in [0.29, 0.717) is 13.0 Å². The summed E-state index contributed by atoms with van der Waals surface area (Å²) in [6.07, 6.45) is 5.00. The van der Waals surface area contributed by atoms with Crippen molar-refractivity contribution in [3.63, 3.8) is 0 Å². The molecule has 0 radical (unpaired) electrons. The quantitative estimate of drug-likeness (QED) is 0.759. The van der Waals surface area contributed by atoms with Crippen LogP contribution < -0.4 is 5.73 Å². The zero-order chi connectivity index (χ0) is 12.8. The van der Waals surface area contributed by atoms with Crippen LogP contribution in [-0.2, 0) is 4.79 Å². The van der Waals surface area contributed by atoms with Gasteiger partial charge in [-0.25, -0.2) is 0 Å². The minimum atomic E-state index is -0.351. The molecule has 4 nitrogen and oxygen atoms in total. The molecule has 1 amide bonds. The van der Waals surface area contributed by atoms with Gasteiger partial charge in [-0.3, -0.25) is 4.79 Å². The molecule has 1 aliphatic rings. The lowest BCUT2D eigenvalue weighted by Gasteiger charge is -2.35. The molecule has 1 fully saturated rings. The van der Waals surface area contributed by atoms with E-state index >= 15 is 0 Å². The summed E-state index contributed by atoms with van der Waals surface area (Å²) >= 11 is 0. The van der Waals surface area contributed by atoms with Gasteiger partial charge in [-0.05, 0) is 25.3 Å². The van der Waals surface area contributed by atoms with Crippen molar-refractivity contribution in [1.82, 2.24) is 4.90 Å². The van der Waals surface area contributed by atoms with Crippen molar-refractivity contribution in [2.45, 2.75) is 57.6 Å². The fraction of sp³-hybridized carbons (Fsp3) is 0.923. The molecule has 0 aromatic carbocycles. The highest BCUT2D eigenvalue weighted by atomic mass is 16.3. The number of likely N-dealkylation sites (N-methyl/N-ethyl adjacent to an activating group) is 1. The highest BCUT2D eigenvalue weighted by Crippen LogP contribution is 2.23. The molecule has 3 unspecified atom stereocenters. The van der Waals surface area contributed by atoms with E-state index in [1.54, 1.807) is 4.90 Å². The van der Waals surface area contributed by atoms with Crippen LogP contribution in [0.5, 0.6) is 0 Å². The Morgan fingerprint density at radius 2 is 2.12 bits per heavy atom. The van der Waals surface area contributed by atoms with Crippen molar-refractivity contribution in [3.05, 3.63) is 0 Å². The first-order valence-corrected chi connectivity index (χ1v) is 6.73. The minimum Gasteiger partial charge on any atom is -0.391 e. The molecule has 100 valence electrons. The van der Waals surface area contributed by atoms with Crippen molar-refractivity contribution >= 4 is 5.91 Å². The molecule has 17 heavy (non-hydrogen) atoms. The van der Waals surface area contributed by atoms with E-state index in [1.807, 2.05) is 7.05 Å². The number of carbonyl (C=O) groups is 1. The molecule has 0 aromatic heterocycles. The third-order valence-corrected chi connectivity index (χ3v) is 3.96. The van der Waals surface area contributed by atoms with Gasteiger partial charge in [-0.15, -0.1) is 0 Å². The highest BCUT2D eigenvalue weighted by molar-refractivity contribution is 5.76. The Morgan fingerprint density at radius 3 is 2.65 bits per heavy atom. The number of nitrogens with two attached hydrogens (primary N) is 1. The van der Waals surface area contributed by atoms with Crippen LogP contribution in [0.3, 0.4) is 0 Å². The Bertz CT molecular complexity index is 242. The van der Waals surface area contributed by atoms with Crippen LogP contribution in [-0.4, -0.2) is 41.7 Å². The van der Waals surface area contributed by atoms with Gasteiger partial charge in [0, 0.05) is 13.5 Å². The lowest BCUT2D eigenvalue weighted by Crippen LogP contribution is -2.46. The monoisotopic (exact) mass is 242 g/mol. The molecule has 1 rings (SSSR count). The Morgan fingerprint density at radius 1 is 1.47 bits per heavy atom. The lowest BCUT2D eigenvalue weighted by molar-refractivity contribution is -0.136. The zero-order valence-corrected chi connectivity index (χ0v) is 11.1. The largest absolute Gasteiger partial charge is 0.391 e. The standard InChI is InChI=1S/C13H26N2O2/c1-3-10(9-14)8-13(17)15(2)11-6-4-5-7-12(11)16/h10-12,16H,3-9,14H2,1-2H3. The Balaban J connectivity index is 2.49. The minimum absolute atomic E-state index is 0.00605. The second-order valence-corrected chi connectivity index (χ2v) is 5.14. The molecule has 1 aliphatic carbocycles. The smallest absolute Gasteiger partial charge is 0.222 e. The van der Waals surface area contributed by atoms with Crippen molar-refractivity contribution in [3.8, 4) is 0 Å². The maximum atomic E-state index is 12.1. The highest BCUT2D eigenvalue weighted by Gasteiger charge is 2.29. The molecular formula is C13H26N2O2. The van der Waals surface area contributed by atoms with Gasteiger partial charge in [0.2, 0.25) is 5.91 Å². The molecule has 0 saturated heterocycles. The Kier molecular flexibility index (Phi) is 5.92. The second-order valence-electron chi connectivity index (χ2n) is 5.14. The van der Waals surface area contributed by atoms with Crippen LogP contribution >= 0.6 is 0 Å². The molecule has 0 spiro atoms. The maximum Gasteiger partial charge on any atom is 0.222 e. The molecule has 3 N–H and O–H groups in total. The molecule has 0 aliphatic heterocycles. The van der Waals surface area contributed by atoms with Crippen LogP contribution in [0.25, 0.3) is 0 Å². The summed E-state index contributed by atoms with van der Waals surface area (Å²) in [7, 11) is 1.81. The average Bonchev–Trinajstić information content (AvgIpc) is 2.35. The van der Waals surface area contributed by atoms with Gasteiger partial charge in [-0.1, -0.05) is 26.2 Å². The predicted molar refractivity (Wildman–Crippen MR) is 68.5 cm³/mol. The maximum absolute atomic E-state index is 12.1. The number of aliphatic hydroxyl groups excluding tert-OH is 1. The SMILES string of the molecule is CCC(CN)CC(=O)N(C)C1CCCCC1O. The van der Waals surface area contributed by atoms with Gasteiger partial charge in [0.25, 0.3) is 0 Å². The number of hydrogen-bond donors (Lipinski definition) is 2. The third kappa shape index (κ3) is 3.96. The van der Waals surface area contributed by atoms with Gasteiger partial charge >= 0.3 is 0 Å². The summed E-state index contributed by atoms with van der Waals surface area (Å²) in [5.41, 5.74) is 5.62. The van der Waals surface area contributed by atoms with E-state index in [4.69, 9.17) is 5.73 Å². The molecule has 1 saturated carbocycles. The van der Waals surface area contributed by atoms with E-state index in [2.05, 4.69) is 6.92 Å². The predicted octanol–water partition coefficient (Wildman–Crippen LogP) is 1.12. The first kappa shape index (κ1) is 14.5. The third-order valence-electron chi connectivity index (χ3n) is 3.96. The molecule has 0 heterocycles. The first-order valence-electron chi connectivity index (χ1n) is 6.73. The first-order chi connectivity index (χ1) is 8.10. The topological polar surface area (TPSA) is 66.6 Å². The van der Waals surface area contributed by atoms with E-state index in [0.717, 1.165) is 32.1 Å². The van der Waals surface area contributed by atoms with Crippen molar-refractivity contribution in [2.75, 3.05) is 13.6 Å². The average molecular weight is 242 g/mol. The summed E-state index contributed by atoms with van der Waals surface area (Å²) in [4.78, 5) is 13.8. The Labute approximate surface area is 104 Å². The number of hydrogen-bond acceptors (Lipinski definition) is 3. The van der Waals surface area contributed by atoms with Gasteiger partial charge < -0.3 is 15.7 Å². The normalized spacial score (nSPS) is 26.6. The van der Waals surface area contributed by atoms with E-state index in [9.17, 15) is 9.90 Å². The fourth-order valence-corrected chi connectivity index (χ4v) is 2.51. The summed E-state index contributed by atoms with van der Waals surface area (Å²) in [5, 5.41) is 9.92. The van der Waals surface area contributed by atoms with E-state index in [-0.39, 0.29) is 24.0 Å². The summed E-state index contributed by atoms with van der Waals surface area (Å²) < 4.78 is 0. The van der Waals surface area contributed by atoms with Crippen molar-refractivity contribution in [2.24, 2.45) is 11.7 Å². The van der Waals surface area contributed by atoms with Crippen molar-refractivity contribution < 1.29 is 9.90 Å². The molecule has 4 heteroatoms. The zero-order valence-electron chi connectivity index (χ0n) is 11.1. The van der Waals surface area contributed by atoms with Crippen LogP contribution in [0.1, 0.15) is 45.4 Å². The molecule has 0 aromatic rings. The van der Waals surface area contributed by atoms with Crippen LogP contribution in [0.2, 0.25) is 0 Å². The lowest BCUT2D eigenvalue weighted by atomic mass is 9.91.